The van der Waals surface area contributed by atoms with Gasteiger partial charge in [0, 0.05) is 6.20 Å². The number of anilines is 1. The second-order valence-electron chi connectivity index (χ2n) is 5.63. The van der Waals surface area contributed by atoms with Gasteiger partial charge in [0.15, 0.2) is 0 Å². The first-order valence-corrected chi connectivity index (χ1v) is 10.4. The number of esters is 3. The molecule has 0 aliphatic carbocycles. The molecule has 11 nitrogen and oxygen atoms in total. The van der Waals surface area contributed by atoms with Crippen LogP contribution in [0, 0.1) is 0 Å². The van der Waals surface area contributed by atoms with Crippen molar-refractivity contribution < 1.29 is 37.0 Å². The van der Waals surface area contributed by atoms with Crippen LogP contribution >= 0.6 is 11.3 Å². The van der Waals surface area contributed by atoms with Gasteiger partial charge >= 0.3 is 17.9 Å². The minimum Gasteiger partial charge on any atom is -0.469 e. The Morgan fingerprint density at radius 3 is 2.31 bits per heavy atom. The van der Waals surface area contributed by atoms with Crippen molar-refractivity contribution >= 4 is 45.0 Å². The number of hydrogen-bond donors (Lipinski definition) is 1. The fraction of sp³-hybridized carbons (Fsp3) is 0.375. The molecule has 0 amide bonds. The van der Waals surface area contributed by atoms with Gasteiger partial charge < -0.3 is 14.2 Å². The second-order valence-corrected chi connectivity index (χ2v) is 8.20. The summed E-state index contributed by atoms with van der Waals surface area (Å²) in [5.41, 5.74) is 0.0757. The molecule has 2 aromatic heterocycles. The first-order valence-electron chi connectivity index (χ1n) is 8.08. The maximum absolute atomic E-state index is 12.6. The highest BCUT2D eigenvalue weighted by atomic mass is 32.2. The summed E-state index contributed by atoms with van der Waals surface area (Å²) in [7, 11) is -0.533. The SMILES string of the molecule is COC(=O)CC(CC(=O)OC)n1cc(NS(=O)(=O)c2ccsc2C(=O)OC)cn1. The van der Waals surface area contributed by atoms with E-state index in [0.29, 0.717) is 0 Å². The molecule has 29 heavy (non-hydrogen) atoms. The lowest BCUT2D eigenvalue weighted by molar-refractivity contribution is -0.144. The standard InChI is InChI=1S/C16H19N3O8S2/c1-25-13(20)6-11(7-14(21)26-2)19-9-10(8-17-19)18-29(23,24)12-4-5-28-15(12)16(22)27-3/h4-5,8-9,11,18H,6-7H2,1-3H3. The molecule has 0 fully saturated rings. The largest absolute Gasteiger partial charge is 0.469 e. The zero-order valence-corrected chi connectivity index (χ0v) is 17.4. The van der Waals surface area contributed by atoms with Crippen LogP contribution in [-0.2, 0) is 33.8 Å². The third kappa shape index (κ3) is 5.54. The predicted molar refractivity (Wildman–Crippen MR) is 101 cm³/mol. The van der Waals surface area contributed by atoms with Gasteiger partial charge in [-0.05, 0) is 11.4 Å². The molecule has 0 atom stereocenters. The smallest absolute Gasteiger partial charge is 0.349 e. The normalized spacial score (nSPS) is 11.2. The number of thiophene rings is 1. The van der Waals surface area contributed by atoms with Gasteiger partial charge in [0.1, 0.15) is 9.77 Å². The molecule has 0 unspecified atom stereocenters. The Labute approximate surface area is 170 Å². The number of carbonyl (C=O) groups is 3. The Bertz CT molecular complexity index is 977. The van der Waals surface area contributed by atoms with Crippen LogP contribution in [-0.4, -0.2) is 57.4 Å². The van der Waals surface area contributed by atoms with Crippen LogP contribution in [0.4, 0.5) is 5.69 Å². The van der Waals surface area contributed by atoms with E-state index in [2.05, 4.69) is 24.0 Å². The molecule has 0 radical (unpaired) electrons. The van der Waals surface area contributed by atoms with Crippen molar-refractivity contribution in [3.05, 3.63) is 28.7 Å². The highest BCUT2D eigenvalue weighted by Crippen LogP contribution is 2.26. The molecule has 0 bridgehead atoms. The number of aromatic nitrogens is 2. The quantitative estimate of drug-likeness (QED) is 0.445. The van der Waals surface area contributed by atoms with Crippen molar-refractivity contribution in [2.24, 2.45) is 0 Å². The number of sulfonamides is 1. The Balaban J connectivity index is 2.25. The summed E-state index contributed by atoms with van der Waals surface area (Å²) in [5, 5.41) is 5.47. The van der Waals surface area contributed by atoms with Gasteiger partial charge in [0.25, 0.3) is 10.0 Å². The van der Waals surface area contributed by atoms with Crippen molar-refractivity contribution in [2.75, 3.05) is 26.1 Å². The van der Waals surface area contributed by atoms with Gasteiger partial charge in [-0.25, -0.2) is 13.2 Å². The molecule has 0 saturated heterocycles. The van der Waals surface area contributed by atoms with E-state index in [1.54, 1.807) is 0 Å². The number of nitrogens with one attached hydrogen (secondary N) is 1. The maximum Gasteiger partial charge on any atom is 0.349 e. The molecule has 0 aliphatic rings. The van der Waals surface area contributed by atoms with E-state index in [1.165, 1.54) is 42.7 Å². The maximum atomic E-state index is 12.6. The fourth-order valence-electron chi connectivity index (χ4n) is 2.36. The Morgan fingerprint density at radius 1 is 1.14 bits per heavy atom. The molecule has 2 rings (SSSR count). The number of ether oxygens (including phenoxy) is 3. The summed E-state index contributed by atoms with van der Waals surface area (Å²) in [6.07, 6.45) is 2.19. The Hall–Kier alpha value is -2.93. The van der Waals surface area contributed by atoms with E-state index in [0.717, 1.165) is 18.4 Å². The molecule has 0 spiro atoms. The number of methoxy groups -OCH3 is 3. The van der Waals surface area contributed by atoms with Crippen LogP contribution in [0.5, 0.6) is 0 Å². The van der Waals surface area contributed by atoms with E-state index in [1.807, 2.05) is 0 Å². The van der Waals surface area contributed by atoms with Crippen LogP contribution in [0.15, 0.2) is 28.7 Å². The first kappa shape index (κ1) is 22.4. The van der Waals surface area contributed by atoms with Gasteiger partial charge in [-0.15, -0.1) is 11.3 Å². The molecule has 2 aromatic rings. The van der Waals surface area contributed by atoms with E-state index in [-0.39, 0.29) is 28.3 Å². The van der Waals surface area contributed by atoms with Crippen molar-refractivity contribution in [1.82, 2.24) is 9.78 Å². The Morgan fingerprint density at radius 2 is 1.76 bits per heavy atom. The molecule has 0 saturated carbocycles. The summed E-state index contributed by atoms with van der Waals surface area (Å²) in [6.45, 7) is 0. The molecular weight excluding hydrogens is 426 g/mol. The lowest BCUT2D eigenvalue weighted by Crippen LogP contribution is -2.19. The summed E-state index contributed by atoms with van der Waals surface area (Å²) < 4.78 is 42.7. The van der Waals surface area contributed by atoms with Crippen molar-refractivity contribution in [1.29, 1.82) is 0 Å². The molecular formula is C16H19N3O8S2. The minimum absolute atomic E-state index is 0.0679. The fourth-order valence-corrected chi connectivity index (χ4v) is 4.73. The van der Waals surface area contributed by atoms with Crippen LogP contribution in [0.2, 0.25) is 0 Å². The molecule has 2 heterocycles. The van der Waals surface area contributed by atoms with E-state index in [9.17, 15) is 22.8 Å². The average molecular weight is 445 g/mol. The Kier molecular flexibility index (Phi) is 7.34. The topological polar surface area (TPSA) is 143 Å². The molecule has 0 aliphatic heterocycles. The van der Waals surface area contributed by atoms with Gasteiger partial charge in [-0.1, -0.05) is 0 Å². The predicted octanol–water partition coefficient (Wildman–Crippen LogP) is 1.20. The second kappa shape index (κ2) is 9.52. The lowest BCUT2D eigenvalue weighted by atomic mass is 10.1. The van der Waals surface area contributed by atoms with Crippen LogP contribution in [0.25, 0.3) is 0 Å². The van der Waals surface area contributed by atoms with Gasteiger partial charge in [-0.2, -0.15) is 5.10 Å². The number of hydrogen-bond acceptors (Lipinski definition) is 10. The summed E-state index contributed by atoms with van der Waals surface area (Å²) in [5.74, 6) is -1.91. The highest BCUT2D eigenvalue weighted by molar-refractivity contribution is 7.93. The average Bonchev–Trinajstić information content (AvgIpc) is 3.36. The molecule has 13 heteroatoms. The number of carbonyl (C=O) groups excluding carboxylic acids is 3. The lowest BCUT2D eigenvalue weighted by Gasteiger charge is -2.15. The zero-order chi connectivity index (χ0) is 21.6. The van der Waals surface area contributed by atoms with E-state index < -0.39 is 34.0 Å². The molecule has 1 N–H and O–H groups in total. The molecule has 158 valence electrons. The monoisotopic (exact) mass is 445 g/mol. The minimum atomic E-state index is -4.10. The van der Waals surface area contributed by atoms with Gasteiger partial charge in [-0.3, -0.25) is 19.0 Å². The van der Waals surface area contributed by atoms with Crippen LogP contribution < -0.4 is 4.72 Å². The first-order chi connectivity index (χ1) is 13.7. The van der Waals surface area contributed by atoms with Gasteiger partial charge in [0.2, 0.25) is 0 Å². The summed E-state index contributed by atoms with van der Waals surface area (Å²) >= 11 is 0.931. The third-order valence-electron chi connectivity index (χ3n) is 3.78. The van der Waals surface area contributed by atoms with Crippen LogP contribution in [0.3, 0.4) is 0 Å². The van der Waals surface area contributed by atoms with Crippen molar-refractivity contribution in [2.45, 2.75) is 23.8 Å². The van der Waals surface area contributed by atoms with Crippen molar-refractivity contribution in [3.63, 3.8) is 0 Å². The van der Waals surface area contributed by atoms with E-state index >= 15 is 0 Å². The summed E-state index contributed by atoms with van der Waals surface area (Å²) in [4.78, 5) is 34.7. The third-order valence-corrected chi connectivity index (χ3v) is 6.22. The number of nitrogens with zero attached hydrogens (tertiary/aromatic N) is 2. The zero-order valence-electron chi connectivity index (χ0n) is 15.8. The molecule has 0 aromatic carbocycles. The van der Waals surface area contributed by atoms with Crippen LogP contribution in [0.1, 0.15) is 28.6 Å². The highest BCUT2D eigenvalue weighted by Gasteiger charge is 2.26. The van der Waals surface area contributed by atoms with Crippen molar-refractivity contribution in [3.8, 4) is 0 Å². The summed E-state index contributed by atoms with van der Waals surface area (Å²) in [6, 6.07) is 0.543. The number of rotatable bonds is 9. The van der Waals surface area contributed by atoms with Gasteiger partial charge in [0.05, 0.1) is 52.1 Å². The van der Waals surface area contributed by atoms with E-state index in [4.69, 9.17) is 0 Å².